The minimum absolute atomic E-state index is 0.204. The van der Waals surface area contributed by atoms with E-state index in [9.17, 15) is 13.2 Å². The maximum atomic E-state index is 12.8. The average Bonchev–Trinajstić information content (AvgIpc) is 3.34. The maximum absolute atomic E-state index is 12.8. The first-order chi connectivity index (χ1) is 12.4. The zero-order valence-corrected chi connectivity index (χ0v) is 16.2. The molecule has 3 aromatic rings. The third kappa shape index (κ3) is 3.20. The number of hydrogen-bond donors (Lipinski definition) is 1. The number of nitrogens with one attached hydrogen (secondary N) is 1. The van der Waals surface area contributed by atoms with Crippen LogP contribution in [0.25, 0.3) is 0 Å². The van der Waals surface area contributed by atoms with E-state index < -0.39 is 10.0 Å². The van der Waals surface area contributed by atoms with Gasteiger partial charge in [-0.3, -0.25) is 10.1 Å². The van der Waals surface area contributed by atoms with Gasteiger partial charge in [0.05, 0.1) is 18.5 Å². The summed E-state index contributed by atoms with van der Waals surface area (Å²) < 4.78 is 32.5. The highest BCUT2D eigenvalue weighted by atomic mass is 32.2. The molecule has 1 aliphatic heterocycles. The quantitative estimate of drug-likeness (QED) is 0.715. The van der Waals surface area contributed by atoms with E-state index in [2.05, 4.69) is 10.3 Å². The highest BCUT2D eigenvalue weighted by Gasteiger charge is 2.31. The molecule has 0 fully saturated rings. The Morgan fingerprint density at radius 3 is 2.85 bits per heavy atom. The van der Waals surface area contributed by atoms with Crippen LogP contribution in [0, 0.1) is 6.92 Å². The van der Waals surface area contributed by atoms with Gasteiger partial charge in [-0.1, -0.05) is 0 Å². The van der Waals surface area contributed by atoms with Crippen molar-refractivity contribution in [2.45, 2.75) is 24.1 Å². The second-order valence-electron chi connectivity index (χ2n) is 5.77. The Labute approximate surface area is 158 Å². The molecule has 0 bridgehead atoms. The van der Waals surface area contributed by atoms with Crippen LogP contribution in [-0.4, -0.2) is 30.2 Å². The molecule has 0 saturated heterocycles. The average molecular weight is 410 g/mol. The number of nitrogens with zero attached hydrogens (tertiary/aromatic N) is 2. The van der Waals surface area contributed by atoms with Crippen molar-refractivity contribution in [2.24, 2.45) is 0 Å². The predicted octanol–water partition coefficient (Wildman–Crippen LogP) is 3.11. The minimum Gasteiger partial charge on any atom is -0.459 e. The van der Waals surface area contributed by atoms with Crippen LogP contribution in [0.3, 0.4) is 0 Å². The summed E-state index contributed by atoms with van der Waals surface area (Å²) in [6.07, 6.45) is 1.95. The summed E-state index contributed by atoms with van der Waals surface area (Å²) in [5.74, 6) is -0.171. The predicted molar refractivity (Wildman–Crippen MR) is 99.1 cm³/mol. The van der Waals surface area contributed by atoms with Gasteiger partial charge in [-0.15, -0.1) is 22.7 Å². The molecule has 0 aliphatic carbocycles. The number of furan rings is 1. The van der Waals surface area contributed by atoms with Crippen molar-refractivity contribution in [1.29, 1.82) is 0 Å². The molecule has 0 spiro atoms. The van der Waals surface area contributed by atoms with Crippen LogP contribution in [-0.2, 0) is 23.0 Å². The Bertz CT molecular complexity index is 1050. The number of aryl methyl sites for hydroxylation is 1. The van der Waals surface area contributed by atoms with Crippen LogP contribution in [0.15, 0.2) is 39.2 Å². The SMILES string of the molecule is Cc1ccc(S(=O)(=O)N2CCc3nc(NC(=O)c4ccco4)sc3C2)s1. The normalized spacial score (nSPS) is 15.0. The Morgan fingerprint density at radius 1 is 1.31 bits per heavy atom. The Morgan fingerprint density at radius 2 is 2.15 bits per heavy atom. The van der Waals surface area contributed by atoms with Gasteiger partial charge >= 0.3 is 0 Å². The van der Waals surface area contributed by atoms with Crippen LogP contribution in [0.5, 0.6) is 0 Å². The van der Waals surface area contributed by atoms with E-state index in [0.29, 0.717) is 22.3 Å². The Kier molecular flexibility index (Phi) is 4.43. The van der Waals surface area contributed by atoms with Crippen LogP contribution < -0.4 is 5.32 Å². The summed E-state index contributed by atoms with van der Waals surface area (Å²) in [5.41, 5.74) is 0.832. The lowest BCUT2D eigenvalue weighted by Gasteiger charge is -2.24. The fourth-order valence-electron chi connectivity index (χ4n) is 2.68. The molecular formula is C16H15N3O4S3. The van der Waals surface area contributed by atoms with Crippen LogP contribution >= 0.6 is 22.7 Å². The van der Waals surface area contributed by atoms with E-state index in [4.69, 9.17) is 4.42 Å². The molecule has 0 unspecified atom stereocenters. The first kappa shape index (κ1) is 17.4. The molecule has 4 rings (SSSR count). The molecule has 1 N–H and O–H groups in total. The third-order valence-electron chi connectivity index (χ3n) is 3.97. The summed E-state index contributed by atoms with van der Waals surface area (Å²) in [5, 5.41) is 3.15. The first-order valence-corrected chi connectivity index (χ1v) is 10.9. The number of amides is 1. The molecule has 3 aromatic heterocycles. The van der Waals surface area contributed by atoms with Crippen LogP contribution in [0.4, 0.5) is 5.13 Å². The number of thiazole rings is 1. The fourth-order valence-corrected chi connectivity index (χ4v) is 6.62. The van der Waals surface area contributed by atoms with Crippen molar-refractivity contribution < 1.29 is 17.6 Å². The molecule has 10 heteroatoms. The largest absolute Gasteiger partial charge is 0.459 e. The van der Waals surface area contributed by atoms with Crippen LogP contribution in [0.2, 0.25) is 0 Å². The summed E-state index contributed by atoms with van der Waals surface area (Å²) in [6.45, 7) is 2.53. The standard InChI is InChI=1S/C16H15N3O4S3/c1-10-4-5-14(24-10)26(21,22)19-7-6-11-13(9-19)25-16(17-11)18-15(20)12-3-2-8-23-12/h2-5,8H,6-7,9H2,1H3,(H,17,18,20). The van der Waals surface area contributed by atoms with E-state index in [1.807, 2.05) is 13.0 Å². The molecule has 26 heavy (non-hydrogen) atoms. The molecule has 0 radical (unpaired) electrons. The second kappa shape index (κ2) is 6.62. The smallest absolute Gasteiger partial charge is 0.293 e. The number of hydrogen-bond acceptors (Lipinski definition) is 7. The summed E-state index contributed by atoms with van der Waals surface area (Å²) in [7, 11) is -3.50. The number of aromatic nitrogens is 1. The number of thiophene rings is 1. The van der Waals surface area contributed by atoms with E-state index in [0.717, 1.165) is 15.4 Å². The first-order valence-electron chi connectivity index (χ1n) is 7.83. The topological polar surface area (TPSA) is 92.5 Å². The molecule has 1 aliphatic rings. The van der Waals surface area contributed by atoms with Gasteiger partial charge in [0.25, 0.3) is 15.9 Å². The van der Waals surface area contributed by atoms with Gasteiger partial charge in [0, 0.05) is 22.7 Å². The lowest BCUT2D eigenvalue weighted by molar-refractivity contribution is 0.0996. The van der Waals surface area contributed by atoms with E-state index in [1.54, 1.807) is 18.2 Å². The third-order valence-corrected chi connectivity index (χ3v) is 8.28. The van der Waals surface area contributed by atoms with Crippen molar-refractivity contribution in [2.75, 3.05) is 11.9 Å². The molecule has 0 atom stereocenters. The number of carbonyl (C=O) groups is 1. The van der Waals surface area contributed by atoms with Crippen molar-refractivity contribution in [3.8, 4) is 0 Å². The number of carbonyl (C=O) groups excluding carboxylic acids is 1. The van der Waals surface area contributed by atoms with E-state index >= 15 is 0 Å². The van der Waals surface area contributed by atoms with Gasteiger partial charge in [0.15, 0.2) is 10.9 Å². The summed E-state index contributed by atoms with van der Waals surface area (Å²) >= 11 is 2.57. The van der Waals surface area contributed by atoms with Gasteiger partial charge in [0.1, 0.15) is 4.21 Å². The summed E-state index contributed by atoms with van der Waals surface area (Å²) in [4.78, 5) is 18.3. The Balaban J connectivity index is 1.52. The summed E-state index contributed by atoms with van der Waals surface area (Å²) in [6, 6.07) is 6.66. The highest BCUT2D eigenvalue weighted by molar-refractivity contribution is 7.91. The number of rotatable bonds is 4. The van der Waals surface area contributed by atoms with Crippen molar-refractivity contribution in [3.63, 3.8) is 0 Å². The fraction of sp³-hybridized carbons (Fsp3) is 0.250. The second-order valence-corrected chi connectivity index (χ2v) is 10.3. The monoisotopic (exact) mass is 409 g/mol. The molecule has 136 valence electrons. The minimum atomic E-state index is -3.50. The van der Waals surface area contributed by atoms with E-state index in [-0.39, 0.29) is 18.2 Å². The van der Waals surface area contributed by atoms with Gasteiger partial charge in [-0.2, -0.15) is 4.31 Å². The molecule has 4 heterocycles. The van der Waals surface area contributed by atoms with Crippen molar-refractivity contribution in [3.05, 3.63) is 51.7 Å². The molecule has 7 nitrogen and oxygen atoms in total. The molecule has 0 aromatic carbocycles. The lowest BCUT2D eigenvalue weighted by Crippen LogP contribution is -2.35. The van der Waals surface area contributed by atoms with Crippen molar-refractivity contribution >= 4 is 43.7 Å². The number of anilines is 1. The number of fused-ring (bicyclic) bond motifs is 1. The van der Waals surface area contributed by atoms with Crippen molar-refractivity contribution in [1.82, 2.24) is 9.29 Å². The van der Waals surface area contributed by atoms with E-state index in [1.165, 1.54) is 33.2 Å². The Hall–Kier alpha value is -2.01. The maximum Gasteiger partial charge on any atom is 0.293 e. The highest BCUT2D eigenvalue weighted by Crippen LogP contribution is 2.32. The van der Waals surface area contributed by atoms with Gasteiger partial charge < -0.3 is 4.42 Å². The molecular weight excluding hydrogens is 394 g/mol. The van der Waals surface area contributed by atoms with Gasteiger partial charge in [-0.25, -0.2) is 13.4 Å². The number of sulfonamides is 1. The molecule has 1 amide bonds. The zero-order chi connectivity index (χ0) is 18.3. The van der Waals surface area contributed by atoms with Gasteiger partial charge in [0.2, 0.25) is 0 Å². The van der Waals surface area contributed by atoms with Gasteiger partial charge in [-0.05, 0) is 31.2 Å². The lowest BCUT2D eigenvalue weighted by atomic mass is 10.2. The zero-order valence-electron chi connectivity index (χ0n) is 13.8. The van der Waals surface area contributed by atoms with Crippen LogP contribution in [0.1, 0.15) is 26.0 Å². The molecule has 0 saturated carbocycles.